The van der Waals surface area contributed by atoms with Crippen molar-refractivity contribution in [2.45, 2.75) is 0 Å². The zero-order valence-electron chi connectivity index (χ0n) is 11.6. The van der Waals surface area contributed by atoms with E-state index in [2.05, 4.69) is 0 Å². The van der Waals surface area contributed by atoms with Crippen LogP contribution >= 0.6 is 0 Å². The van der Waals surface area contributed by atoms with Gasteiger partial charge in [0.25, 0.3) is 0 Å². The smallest absolute Gasteiger partial charge is 1.00 e. The zero-order valence-corrected chi connectivity index (χ0v) is 22.1. The number of halogens is 2. The second-order valence-corrected chi connectivity index (χ2v) is 2.28. The SMILES string of the molecule is O=C([O-])O.OCCN(CCO)CCO.[Br-].[Cl-].[K+].[K+].[Na+]. The molecule has 0 unspecified atom stereocenters. The Labute approximate surface area is 237 Å². The predicted octanol–water partition coefficient (Wildman–Crippen LogP) is -17.8. The van der Waals surface area contributed by atoms with Crippen LogP contribution in [-0.2, 0) is 0 Å². The molecule has 0 atom stereocenters. The van der Waals surface area contributed by atoms with Crippen molar-refractivity contribution >= 4 is 6.16 Å². The third-order valence-electron chi connectivity index (χ3n) is 1.25. The molecule has 0 aromatic rings. The molecule has 0 amide bonds. The first-order valence-corrected chi connectivity index (χ1v) is 4.03. The first-order chi connectivity index (χ1) is 6.58. The van der Waals surface area contributed by atoms with E-state index in [-0.39, 0.29) is 182 Å². The Morgan fingerprint density at radius 2 is 1.11 bits per heavy atom. The van der Waals surface area contributed by atoms with Crippen LogP contribution in [0.15, 0.2) is 0 Å². The Morgan fingerprint density at radius 3 is 1.21 bits per heavy atom. The van der Waals surface area contributed by atoms with Crippen LogP contribution in [0.5, 0.6) is 0 Å². The van der Waals surface area contributed by atoms with E-state index in [0.717, 1.165) is 0 Å². The van der Waals surface area contributed by atoms with Crippen LogP contribution in [0.25, 0.3) is 0 Å². The van der Waals surface area contributed by atoms with E-state index in [1.165, 1.54) is 0 Å². The quantitative estimate of drug-likeness (QED) is 0.311. The Hall–Kier alpha value is 4.15. The molecule has 0 heterocycles. The standard InChI is InChI=1S/C6H15NO3.CH2O3.BrH.ClH.2K.Na/c8-4-1-7(2-5-9)3-6-10;2-1(3)4;;;;;/h8-10H,1-6H2;(H2,2,3,4);2*1H;;;/q;;;;3*+1/p-3. The second kappa shape index (κ2) is 38.0. The average molecular weight is 427 g/mol. The van der Waals surface area contributed by atoms with Gasteiger partial charge in [0.2, 0.25) is 6.16 Å². The summed E-state index contributed by atoms with van der Waals surface area (Å²) in [6, 6.07) is 0. The maximum atomic E-state index is 8.48. The van der Waals surface area contributed by atoms with Crippen molar-refractivity contribution in [3.8, 4) is 0 Å². The Morgan fingerprint density at radius 1 is 0.947 bits per heavy atom. The summed E-state index contributed by atoms with van der Waals surface area (Å²) in [5.74, 6) is 0. The largest absolute Gasteiger partial charge is 1.00 e. The van der Waals surface area contributed by atoms with Gasteiger partial charge in [-0.15, -0.1) is 0 Å². The summed E-state index contributed by atoms with van der Waals surface area (Å²) < 4.78 is 0. The summed E-state index contributed by atoms with van der Waals surface area (Å²) in [5, 5.41) is 40.8. The van der Waals surface area contributed by atoms with Gasteiger partial charge < -0.3 is 59.7 Å². The predicted molar refractivity (Wildman–Crippen MR) is 45.7 cm³/mol. The molecule has 0 rings (SSSR count). The number of carboxylic acid groups (broad SMARTS) is 2. The maximum Gasteiger partial charge on any atom is 1.00 e. The summed E-state index contributed by atoms with van der Waals surface area (Å²) in [4.78, 5) is 10.2. The van der Waals surface area contributed by atoms with E-state index < -0.39 is 6.16 Å². The number of hydrogen-bond donors (Lipinski definition) is 4. The summed E-state index contributed by atoms with van der Waals surface area (Å²) in [5.41, 5.74) is 0. The monoisotopic (exact) mass is 425 g/mol. The number of aliphatic hydroxyl groups is 3. The molecule has 0 aromatic carbocycles. The Bertz CT molecular complexity index is 138. The van der Waals surface area contributed by atoms with Crippen LogP contribution in [0.4, 0.5) is 4.79 Å². The van der Waals surface area contributed by atoms with Crippen LogP contribution in [0.3, 0.4) is 0 Å². The van der Waals surface area contributed by atoms with Crippen LogP contribution in [-0.4, -0.2) is 70.9 Å². The van der Waals surface area contributed by atoms with Crippen molar-refractivity contribution < 1.29 is 192 Å². The van der Waals surface area contributed by atoms with Crippen LogP contribution < -0.4 is 167 Å². The molecule has 0 bridgehead atoms. The number of nitrogens with zero attached hydrogens (tertiary/aromatic N) is 1. The van der Waals surface area contributed by atoms with Gasteiger partial charge in [-0.3, -0.25) is 4.90 Å². The van der Waals surface area contributed by atoms with Crippen molar-refractivity contribution in [1.82, 2.24) is 4.90 Å². The number of aliphatic hydroxyl groups excluding tert-OH is 3. The van der Waals surface area contributed by atoms with Crippen molar-refractivity contribution in [2.24, 2.45) is 0 Å². The van der Waals surface area contributed by atoms with Crippen molar-refractivity contribution in [2.75, 3.05) is 39.5 Å². The summed E-state index contributed by atoms with van der Waals surface area (Å²) in [6.45, 7) is 1.75. The van der Waals surface area contributed by atoms with Gasteiger partial charge in [-0.1, -0.05) is 0 Å². The van der Waals surface area contributed by atoms with E-state index in [1.54, 1.807) is 4.90 Å². The minimum atomic E-state index is -2.08. The summed E-state index contributed by atoms with van der Waals surface area (Å²) in [6.07, 6.45) is -2.08. The number of carbonyl (C=O) groups is 1. The molecule has 102 valence electrons. The van der Waals surface area contributed by atoms with Gasteiger partial charge in [0.05, 0.1) is 19.8 Å². The van der Waals surface area contributed by atoms with Crippen molar-refractivity contribution in [1.29, 1.82) is 0 Å². The molecule has 0 saturated carbocycles. The molecule has 0 radical (unpaired) electrons. The normalized spacial score (nSPS) is 6.95. The van der Waals surface area contributed by atoms with Crippen molar-refractivity contribution in [3.05, 3.63) is 0 Å². The second-order valence-electron chi connectivity index (χ2n) is 2.28. The van der Waals surface area contributed by atoms with Gasteiger partial charge >= 0.3 is 132 Å². The maximum absolute atomic E-state index is 8.48. The van der Waals surface area contributed by atoms with E-state index >= 15 is 0 Å². The van der Waals surface area contributed by atoms with Crippen LogP contribution in [0, 0.1) is 0 Å². The molecule has 0 saturated heterocycles. The van der Waals surface area contributed by atoms with E-state index in [0.29, 0.717) is 19.6 Å². The van der Waals surface area contributed by atoms with Gasteiger partial charge in [-0.2, -0.15) is 0 Å². The molecule has 12 heteroatoms. The molecule has 4 N–H and O–H groups in total. The van der Waals surface area contributed by atoms with Gasteiger partial charge in [0, 0.05) is 19.6 Å². The summed E-state index contributed by atoms with van der Waals surface area (Å²) >= 11 is 0. The molecular weight excluding hydrogens is 411 g/mol. The minimum absolute atomic E-state index is 0. The molecular formula is C7H16BrClK2NNaO6. The third kappa shape index (κ3) is 52.0. The molecule has 7 nitrogen and oxygen atoms in total. The van der Waals surface area contributed by atoms with Gasteiger partial charge in [0.15, 0.2) is 0 Å². The van der Waals surface area contributed by atoms with Crippen LogP contribution in [0.2, 0.25) is 0 Å². The Balaban J connectivity index is -0.0000000288. The van der Waals surface area contributed by atoms with Gasteiger partial charge in [-0.25, -0.2) is 0 Å². The first kappa shape index (κ1) is 43.5. The number of hydrogen-bond acceptors (Lipinski definition) is 6. The Kier molecular flexibility index (Phi) is 87.1. The molecule has 19 heavy (non-hydrogen) atoms. The first-order valence-electron chi connectivity index (χ1n) is 4.03. The number of rotatable bonds is 6. The van der Waals surface area contributed by atoms with Crippen LogP contribution in [0.1, 0.15) is 0 Å². The minimum Gasteiger partial charge on any atom is -1.00 e. The van der Waals surface area contributed by atoms with E-state index in [1.807, 2.05) is 0 Å². The molecule has 0 aliphatic carbocycles. The van der Waals surface area contributed by atoms with E-state index in [9.17, 15) is 0 Å². The fourth-order valence-corrected chi connectivity index (χ4v) is 0.760. The van der Waals surface area contributed by atoms with Gasteiger partial charge in [0.1, 0.15) is 0 Å². The fourth-order valence-electron chi connectivity index (χ4n) is 0.760. The molecule has 0 aromatic heterocycles. The molecule has 0 fully saturated rings. The fraction of sp³-hybridized carbons (Fsp3) is 0.857. The molecule has 0 aliphatic heterocycles. The zero-order chi connectivity index (χ0) is 11.4. The van der Waals surface area contributed by atoms with E-state index in [4.69, 9.17) is 30.3 Å². The average Bonchev–Trinajstić information content (AvgIpc) is 2.04. The third-order valence-corrected chi connectivity index (χ3v) is 1.25. The molecule has 0 spiro atoms. The topological polar surface area (TPSA) is 124 Å². The van der Waals surface area contributed by atoms with Gasteiger partial charge in [-0.05, 0) is 0 Å². The molecule has 0 aliphatic rings. The summed E-state index contributed by atoms with van der Waals surface area (Å²) in [7, 11) is 0. The van der Waals surface area contributed by atoms with Crippen molar-refractivity contribution in [3.63, 3.8) is 0 Å².